The molecule has 20 heavy (non-hydrogen) atoms. The van der Waals surface area contributed by atoms with E-state index in [-0.39, 0.29) is 11.4 Å². The lowest BCUT2D eigenvalue weighted by Crippen LogP contribution is -2.46. The number of benzene rings is 1. The highest BCUT2D eigenvalue weighted by atomic mass is 19.1. The van der Waals surface area contributed by atoms with Crippen LogP contribution in [0.3, 0.4) is 0 Å². The highest BCUT2D eigenvalue weighted by Crippen LogP contribution is 2.35. The molecule has 0 radical (unpaired) electrons. The second-order valence-electron chi connectivity index (χ2n) is 6.04. The Hall–Kier alpha value is -0.930. The van der Waals surface area contributed by atoms with E-state index in [1.165, 1.54) is 18.9 Å². The van der Waals surface area contributed by atoms with Crippen LogP contribution >= 0.6 is 0 Å². The van der Waals surface area contributed by atoms with E-state index in [2.05, 4.69) is 19.2 Å². The van der Waals surface area contributed by atoms with Crippen molar-refractivity contribution < 1.29 is 9.13 Å². The Kier molecular flexibility index (Phi) is 5.55. The second kappa shape index (κ2) is 7.19. The van der Waals surface area contributed by atoms with Crippen molar-refractivity contribution >= 4 is 0 Å². The lowest BCUT2D eigenvalue weighted by Gasteiger charge is -2.40. The molecule has 1 saturated carbocycles. The molecule has 1 aliphatic carbocycles. The molecule has 0 heterocycles. The number of hydrogen-bond acceptors (Lipinski definition) is 2. The molecule has 112 valence electrons. The molecule has 2 unspecified atom stereocenters. The maximum Gasteiger partial charge on any atom is 0.128 e. The topological polar surface area (TPSA) is 21.3 Å². The number of nitrogens with one attached hydrogen (secondary N) is 1. The van der Waals surface area contributed by atoms with Gasteiger partial charge in [-0.05, 0) is 31.4 Å². The zero-order chi connectivity index (χ0) is 14.4. The van der Waals surface area contributed by atoms with Gasteiger partial charge < -0.3 is 10.1 Å². The zero-order valence-electron chi connectivity index (χ0n) is 12.6. The van der Waals surface area contributed by atoms with Gasteiger partial charge in [-0.2, -0.15) is 0 Å². The predicted molar refractivity (Wildman–Crippen MR) is 80.1 cm³/mol. The average Bonchev–Trinajstić information content (AvgIpc) is 2.45. The van der Waals surface area contributed by atoms with Crippen LogP contribution in [0.1, 0.15) is 45.1 Å². The molecule has 1 aromatic carbocycles. The van der Waals surface area contributed by atoms with Crippen molar-refractivity contribution in [2.75, 3.05) is 13.1 Å². The van der Waals surface area contributed by atoms with Crippen molar-refractivity contribution in [1.82, 2.24) is 5.32 Å². The molecule has 0 aromatic heterocycles. The smallest absolute Gasteiger partial charge is 0.128 e. The van der Waals surface area contributed by atoms with Gasteiger partial charge in [0.2, 0.25) is 0 Å². The van der Waals surface area contributed by atoms with Crippen LogP contribution in [0, 0.1) is 11.7 Å². The van der Waals surface area contributed by atoms with Gasteiger partial charge in [0.15, 0.2) is 0 Å². The molecule has 0 aliphatic heterocycles. The molecular weight excluding hydrogens is 253 g/mol. The summed E-state index contributed by atoms with van der Waals surface area (Å²) in [6.45, 7) is 6.56. The number of ether oxygens (including phenoxy) is 1. The van der Waals surface area contributed by atoms with E-state index in [4.69, 9.17) is 4.74 Å². The summed E-state index contributed by atoms with van der Waals surface area (Å²) in [5.74, 6) is 0.512. The van der Waals surface area contributed by atoms with Crippen LogP contribution < -0.4 is 5.32 Å². The maximum atomic E-state index is 13.7. The second-order valence-corrected chi connectivity index (χ2v) is 6.04. The minimum atomic E-state index is -0.171. The molecule has 1 fully saturated rings. The van der Waals surface area contributed by atoms with Crippen molar-refractivity contribution in [3.63, 3.8) is 0 Å². The third-order valence-corrected chi connectivity index (χ3v) is 4.24. The molecule has 2 rings (SSSR count). The van der Waals surface area contributed by atoms with Crippen molar-refractivity contribution in [2.24, 2.45) is 5.92 Å². The summed E-state index contributed by atoms with van der Waals surface area (Å²) >= 11 is 0. The standard InChI is InChI=1S/C17H26FNO/c1-3-19-13-17(10-6-7-14(2)11-17)20-12-15-8-4-5-9-16(15)18/h4-5,8-9,14,19H,3,6-7,10-13H2,1-2H3. The van der Waals surface area contributed by atoms with Gasteiger partial charge in [-0.3, -0.25) is 0 Å². The van der Waals surface area contributed by atoms with Crippen molar-refractivity contribution in [3.05, 3.63) is 35.6 Å². The van der Waals surface area contributed by atoms with Gasteiger partial charge in [0.05, 0.1) is 12.2 Å². The van der Waals surface area contributed by atoms with Gasteiger partial charge in [-0.15, -0.1) is 0 Å². The van der Waals surface area contributed by atoms with E-state index in [1.807, 2.05) is 12.1 Å². The lowest BCUT2D eigenvalue weighted by atomic mass is 9.78. The van der Waals surface area contributed by atoms with Crippen LogP contribution in [0.5, 0.6) is 0 Å². The van der Waals surface area contributed by atoms with Crippen LogP contribution in [0.4, 0.5) is 4.39 Å². The molecule has 0 saturated heterocycles. The number of halogens is 1. The maximum absolute atomic E-state index is 13.7. The van der Waals surface area contributed by atoms with Gasteiger partial charge in [0.25, 0.3) is 0 Å². The Labute approximate surface area is 121 Å². The third kappa shape index (κ3) is 4.03. The SMILES string of the molecule is CCNCC1(OCc2ccccc2F)CCCC(C)C1. The third-order valence-electron chi connectivity index (χ3n) is 4.24. The fourth-order valence-corrected chi connectivity index (χ4v) is 3.15. The number of likely N-dealkylation sites (N-methyl/N-ethyl adjacent to an activating group) is 1. The fraction of sp³-hybridized carbons (Fsp3) is 0.647. The van der Waals surface area contributed by atoms with Crippen LogP contribution in [-0.2, 0) is 11.3 Å². The molecular formula is C17H26FNO. The quantitative estimate of drug-likeness (QED) is 0.852. The summed E-state index contributed by atoms with van der Waals surface area (Å²) in [7, 11) is 0. The Balaban J connectivity index is 2.02. The summed E-state index contributed by atoms with van der Waals surface area (Å²) < 4.78 is 19.9. The van der Waals surface area contributed by atoms with Crippen molar-refractivity contribution in [1.29, 1.82) is 0 Å². The van der Waals surface area contributed by atoms with E-state index in [9.17, 15) is 4.39 Å². The number of rotatable bonds is 6. The minimum Gasteiger partial charge on any atom is -0.369 e. The summed E-state index contributed by atoms with van der Waals surface area (Å²) in [6, 6.07) is 6.89. The molecule has 1 aliphatic rings. The van der Waals surface area contributed by atoms with Gasteiger partial charge in [-0.25, -0.2) is 4.39 Å². The largest absolute Gasteiger partial charge is 0.369 e. The Morgan fingerprint density at radius 1 is 1.40 bits per heavy atom. The van der Waals surface area contributed by atoms with Gasteiger partial charge in [-0.1, -0.05) is 44.9 Å². The highest BCUT2D eigenvalue weighted by Gasteiger charge is 2.35. The summed E-state index contributed by atoms with van der Waals surface area (Å²) in [5, 5.41) is 3.41. The number of hydrogen-bond donors (Lipinski definition) is 1. The molecule has 1 aromatic rings. The molecule has 1 N–H and O–H groups in total. The first-order chi connectivity index (χ1) is 9.65. The first-order valence-corrected chi connectivity index (χ1v) is 7.73. The fourth-order valence-electron chi connectivity index (χ4n) is 3.15. The van der Waals surface area contributed by atoms with Gasteiger partial charge in [0.1, 0.15) is 5.82 Å². The predicted octanol–water partition coefficient (Wildman–Crippen LogP) is 3.90. The van der Waals surface area contributed by atoms with E-state index in [0.29, 0.717) is 18.1 Å². The van der Waals surface area contributed by atoms with Gasteiger partial charge in [0, 0.05) is 12.1 Å². The Bertz CT molecular complexity index is 423. The van der Waals surface area contributed by atoms with E-state index in [1.54, 1.807) is 6.07 Å². The van der Waals surface area contributed by atoms with Crippen molar-refractivity contribution in [2.45, 2.75) is 51.7 Å². The lowest BCUT2D eigenvalue weighted by molar-refractivity contribution is -0.0894. The van der Waals surface area contributed by atoms with Crippen LogP contribution in [0.15, 0.2) is 24.3 Å². The summed E-state index contributed by atoms with van der Waals surface area (Å²) in [6.07, 6.45) is 4.61. The highest BCUT2D eigenvalue weighted by molar-refractivity contribution is 5.16. The first kappa shape index (κ1) is 15.5. The Morgan fingerprint density at radius 3 is 2.90 bits per heavy atom. The van der Waals surface area contributed by atoms with E-state index in [0.717, 1.165) is 25.9 Å². The molecule has 0 spiro atoms. The van der Waals surface area contributed by atoms with Gasteiger partial charge >= 0.3 is 0 Å². The normalized spacial score (nSPS) is 26.6. The zero-order valence-corrected chi connectivity index (χ0v) is 12.6. The molecule has 3 heteroatoms. The summed E-state index contributed by atoms with van der Waals surface area (Å²) in [4.78, 5) is 0. The van der Waals surface area contributed by atoms with Crippen LogP contribution in [-0.4, -0.2) is 18.7 Å². The molecule has 2 nitrogen and oxygen atoms in total. The molecule has 2 atom stereocenters. The summed E-state index contributed by atoms with van der Waals surface area (Å²) in [5.41, 5.74) is 0.525. The molecule has 0 bridgehead atoms. The minimum absolute atomic E-state index is 0.129. The first-order valence-electron chi connectivity index (χ1n) is 7.73. The average molecular weight is 279 g/mol. The van der Waals surface area contributed by atoms with E-state index < -0.39 is 0 Å². The van der Waals surface area contributed by atoms with Crippen LogP contribution in [0.25, 0.3) is 0 Å². The van der Waals surface area contributed by atoms with Crippen molar-refractivity contribution in [3.8, 4) is 0 Å². The van der Waals surface area contributed by atoms with Crippen LogP contribution in [0.2, 0.25) is 0 Å². The molecule has 0 amide bonds. The monoisotopic (exact) mass is 279 g/mol. The van der Waals surface area contributed by atoms with E-state index >= 15 is 0 Å². The Morgan fingerprint density at radius 2 is 2.20 bits per heavy atom.